The molecule has 1 aromatic carbocycles. The first kappa shape index (κ1) is 13.8. The van der Waals surface area contributed by atoms with E-state index in [1.165, 1.54) is 12.1 Å². The zero-order chi connectivity index (χ0) is 13.8. The number of hydrogen-bond acceptors (Lipinski definition) is 3. The fourth-order valence-corrected chi connectivity index (χ4v) is 2.43. The van der Waals surface area contributed by atoms with Crippen LogP contribution in [0, 0.1) is 5.82 Å². The third-order valence-electron chi connectivity index (χ3n) is 3.47. The Labute approximate surface area is 112 Å². The quantitative estimate of drug-likeness (QED) is 0.876. The van der Waals surface area contributed by atoms with Crippen LogP contribution in [0.3, 0.4) is 0 Å². The van der Waals surface area contributed by atoms with Crippen LogP contribution in [0.4, 0.5) is 4.39 Å². The van der Waals surface area contributed by atoms with Crippen molar-refractivity contribution in [1.29, 1.82) is 0 Å². The number of phenolic OH excluding ortho intramolecular Hbond substituents is 1. The van der Waals surface area contributed by atoms with Gasteiger partial charge in [-0.3, -0.25) is 4.79 Å². The Kier molecular flexibility index (Phi) is 4.37. The second kappa shape index (κ2) is 6.02. The SMILES string of the molecule is CCNC1CCN(C(=O)c2ccc(F)cc2O)CC1. The summed E-state index contributed by atoms with van der Waals surface area (Å²) in [5.74, 6) is -1.06. The number of carbonyl (C=O) groups is 1. The molecule has 4 nitrogen and oxygen atoms in total. The molecule has 19 heavy (non-hydrogen) atoms. The average Bonchev–Trinajstić information content (AvgIpc) is 2.39. The summed E-state index contributed by atoms with van der Waals surface area (Å²) in [5, 5.41) is 13.0. The number of benzene rings is 1. The highest BCUT2D eigenvalue weighted by molar-refractivity contribution is 5.96. The molecule has 0 bridgehead atoms. The monoisotopic (exact) mass is 266 g/mol. The number of halogens is 1. The summed E-state index contributed by atoms with van der Waals surface area (Å²) in [5.41, 5.74) is 0.170. The smallest absolute Gasteiger partial charge is 0.257 e. The van der Waals surface area contributed by atoms with Gasteiger partial charge in [-0.1, -0.05) is 6.92 Å². The minimum atomic E-state index is -0.542. The topological polar surface area (TPSA) is 52.6 Å². The molecule has 5 heteroatoms. The van der Waals surface area contributed by atoms with Crippen LogP contribution in [0.1, 0.15) is 30.1 Å². The highest BCUT2D eigenvalue weighted by atomic mass is 19.1. The Balaban J connectivity index is 2.01. The van der Waals surface area contributed by atoms with E-state index in [9.17, 15) is 14.3 Å². The lowest BCUT2D eigenvalue weighted by Gasteiger charge is -2.32. The van der Waals surface area contributed by atoms with E-state index in [0.29, 0.717) is 19.1 Å². The molecule has 104 valence electrons. The molecule has 2 N–H and O–H groups in total. The third-order valence-corrected chi connectivity index (χ3v) is 3.47. The van der Waals surface area contributed by atoms with E-state index in [2.05, 4.69) is 12.2 Å². The van der Waals surface area contributed by atoms with Gasteiger partial charge < -0.3 is 15.3 Å². The Morgan fingerprint density at radius 3 is 2.74 bits per heavy atom. The summed E-state index contributed by atoms with van der Waals surface area (Å²) in [6.45, 7) is 4.31. The van der Waals surface area contributed by atoms with Crippen molar-refractivity contribution in [3.05, 3.63) is 29.6 Å². The van der Waals surface area contributed by atoms with Crippen LogP contribution >= 0.6 is 0 Å². The number of rotatable bonds is 3. The number of nitrogens with one attached hydrogen (secondary N) is 1. The number of phenols is 1. The Morgan fingerprint density at radius 2 is 2.16 bits per heavy atom. The molecule has 1 amide bonds. The van der Waals surface area contributed by atoms with Crippen molar-refractivity contribution in [3.8, 4) is 5.75 Å². The lowest BCUT2D eigenvalue weighted by atomic mass is 10.0. The van der Waals surface area contributed by atoms with Crippen LogP contribution in [0.5, 0.6) is 5.75 Å². The lowest BCUT2D eigenvalue weighted by molar-refractivity contribution is 0.0703. The molecule has 1 aromatic rings. The number of nitrogens with zero attached hydrogens (tertiary/aromatic N) is 1. The molecule has 0 atom stereocenters. The number of carbonyl (C=O) groups excluding carboxylic acids is 1. The average molecular weight is 266 g/mol. The van der Waals surface area contributed by atoms with Crippen molar-refractivity contribution >= 4 is 5.91 Å². The first-order chi connectivity index (χ1) is 9.11. The van der Waals surface area contributed by atoms with E-state index in [4.69, 9.17) is 0 Å². The van der Waals surface area contributed by atoms with Crippen molar-refractivity contribution in [2.75, 3.05) is 19.6 Å². The molecule has 0 spiro atoms. The second-order valence-corrected chi connectivity index (χ2v) is 4.79. The maximum absolute atomic E-state index is 12.9. The van der Waals surface area contributed by atoms with E-state index < -0.39 is 5.82 Å². The number of amides is 1. The largest absolute Gasteiger partial charge is 0.507 e. The van der Waals surface area contributed by atoms with Gasteiger partial charge >= 0.3 is 0 Å². The van der Waals surface area contributed by atoms with Crippen LogP contribution in [-0.2, 0) is 0 Å². The summed E-state index contributed by atoms with van der Waals surface area (Å²) in [6, 6.07) is 3.95. The van der Waals surface area contributed by atoms with Gasteiger partial charge in [0, 0.05) is 25.2 Å². The van der Waals surface area contributed by atoms with Crippen molar-refractivity contribution < 1.29 is 14.3 Å². The van der Waals surface area contributed by atoms with E-state index in [1.807, 2.05) is 0 Å². The zero-order valence-corrected chi connectivity index (χ0v) is 11.0. The number of likely N-dealkylation sites (tertiary alicyclic amines) is 1. The summed E-state index contributed by atoms with van der Waals surface area (Å²) in [6.07, 6.45) is 1.81. The molecule has 1 aliphatic rings. The van der Waals surface area contributed by atoms with Crippen LogP contribution < -0.4 is 5.32 Å². The van der Waals surface area contributed by atoms with Crippen molar-refractivity contribution in [3.63, 3.8) is 0 Å². The normalized spacial score (nSPS) is 16.6. The molecule has 1 aliphatic heterocycles. The molecule has 1 saturated heterocycles. The van der Waals surface area contributed by atoms with Gasteiger partial charge in [0.05, 0.1) is 5.56 Å². The van der Waals surface area contributed by atoms with E-state index in [-0.39, 0.29) is 17.2 Å². The minimum Gasteiger partial charge on any atom is -0.507 e. The fourth-order valence-electron chi connectivity index (χ4n) is 2.43. The van der Waals surface area contributed by atoms with Crippen molar-refractivity contribution in [2.45, 2.75) is 25.8 Å². The summed E-state index contributed by atoms with van der Waals surface area (Å²) < 4.78 is 12.9. The highest BCUT2D eigenvalue weighted by Crippen LogP contribution is 2.21. The number of hydrogen-bond donors (Lipinski definition) is 2. The van der Waals surface area contributed by atoms with E-state index in [0.717, 1.165) is 25.5 Å². The second-order valence-electron chi connectivity index (χ2n) is 4.79. The fraction of sp³-hybridized carbons (Fsp3) is 0.500. The minimum absolute atomic E-state index is 0.170. The molecule has 0 aliphatic carbocycles. The molecule has 1 fully saturated rings. The van der Waals surface area contributed by atoms with Crippen molar-refractivity contribution in [1.82, 2.24) is 10.2 Å². The third kappa shape index (κ3) is 3.23. The van der Waals surface area contributed by atoms with E-state index in [1.54, 1.807) is 4.90 Å². The van der Waals surface area contributed by atoms with Crippen LogP contribution in [0.2, 0.25) is 0 Å². The molecule has 2 rings (SSSR count). The van der Waals surface area contributed by atoms with Crippen LogP contribution in [-0.4, -0.2) is 41.6 Å². The van der Waals surface area contributed by atoms with E-state index >= 15 is 0 Å². The Morgan fingerprint density at radius 1 is 1.47 bits per heavy atom. The van der Waals surface area contributed by atoms with Gasteiger partial charge in [0.2, 0.25) is 0 Å². The summed E-state index contributed by atoms with van der Waals surface area (Å²) >= 11 is 0. The summed E-state index contributed by atoms with van der Waals surface area (Å²) in [4.78, 5) is 13.9. The predicted molar refractivity (Wildman–Crippen MR) is 70.7 cm³/mol. The maximum Gasteiger partial charge on any atom is 0.257 e. The Hall–Kier alpha value is -1.62. The molecule has 0 aromatic heterocycles. The predicted octanol–water partition coefficient (Wildman–Crippen LogP) is 1.75. The molecule has 0 saturated carbocycles. The molecular formula is C14H19FN2O2. The van der Waals surface area contributed by atoms with Gasteiger partial charge in [0.25, 0.3) is 5.91 Å². The maximum atomic E-state index is 12.9. The van der Waals surface area contributed by atoms with Crippen LogP contribution in [0.25, 0.3) is 0 Å². The lowest BCUT2D eigenvalue weighted by Crippen LogP contribution is -2.44. The van der Waals surface area contributed by atoms with Gasteiger partial charge in [-0.25, -0.2) is 4.39 Å². The van der Waals surface area contributed by atoms with Crippen molar-refractivity contribution in [2.24, 2.45) is 0 Å². The first-order valence-electron chi connectivity index (χ1n) is 6.63. The number of piperidine rings is 1. The van der Waals surface area contributed by atoms with Gasteiger partial charge in [-0.05, 0) is 31.5 Å². The number of aromatic hydroxyl groups is 1. The van der Waals surface area contributed by atoms with Gasteiger partial charge in [0.15, 0.2) is 0 Å². The molecule has 1 heterocycles. The molecule has 0 unspecified atom stereocenters. The van der Waals surface area contributed by atoms with Gasteiger partial charge in [0.1, 0.15) is 11.6 Å². The van der Waals surface area contributed by atoms with Gasteiger partial charge in [-0.2, -0.15) is 0 Å². The zero-order valence-electron chi connectivity index (χ0n) is 11.0. The Bertz CT molecular complexity index is 457. The standard InChI is InChI=1S/C14H19FN2O2/c1-2-16-11-5-7-17(8-6-11)14(19)12-4-3-10(15)9-13(12)18/h3-4,9,11,16,18H,2,5-8H2,1H3. The molecule has 0 radical (unpaired) electrons. The summed E-state index contributed by atoms with van der Waals surface area (Å²) in [7, 11) is 0. The first-order valence-corrected chi connectivity index (χ1v) is 6.63. The van der Waals surface area contributed by atoms with Gasteiger partial charge in [-0.15, -0.1) is 0 Å². The molecular weight excluding hydrogens is 247 g/mol. The van der Waals surface area contributed by atoms with Crippen LogP contribution in [0.15, 0.2) is 18.2 Å². The highest BCUT2D eigenvalue weighted by Gasteiger charge is 2.24.